The van der Waals surface area contributed by atoms with Crippen molar-refractivity contribution in [1.29, 1.82) is 0 Å². The summed E-state index contributed by atoms with van der Waals surface area (Å²) < 4.78 is 5.76. The molecule has 0 spiro atoms. The number of rotatable bonds is 1. The van der Waals surface area contributed by atoms with Gasteiger partial charge in [-0.3, -0.25) is 0 Å². The molecular weight excluding hydrogens is 276 g/mol. The SMILES string of the molecule is CC1(C(=O)O)Cc2cc(Br)ccc2C(=O)O1. The Hall–Kier alpha value is -1.36. The number of hydrogen-bond donors (Lipinski definition) is 1. The largest absolute Gasteiger partial charge is 0.478 e. The molecule has 4 nitrogen and oxygen atoms in total. The maximum Gasteiger partial charge on any atom is 0.348 e. The van der Waals surface area contributed by atoms with Crippen LogP contribution in [0.5, 0.6) is 0 Å². The molecule has 0 bridgehead atoms. The summed E-state index contributed by atoms with van der Waals surface area (Å²) in [7, 11) is 0. The Balaban J connectivity index is 2.50. The van der Waals surface area contributed by atoms with Crippen LogP contribution in [0, 0.1) is 0 Å². The first-order valence-electron chi connectivity index (χ1n) is 4.67. The highest BCUT2D eigenvalue weighted by Gasteiger charge is 2.42. The summed E-state index contributed by atoms with van der Waals surface area (Å²) in [6.07, 6.45) is 0.183. The number of esters is 1. The number of halogens is 1. The van der Waals surface area contributed by atoms with Gasteiger partial charge in [-0.25, -0.2) is 9.59 Å². The average Bonchev–Trinajstić information content (AvgIpc) is 2.16. The zero-order valence-corrected chi connectivity index (χ0v) is 10.1. The van der Waals surface area contributed by atoms with E-state index in [9.17, 15) is 9.59 Å². The Morgan fingerprint density at radius 2 is 2.25 bits per heavy atom. The summed E-state index contributed by atoms with van der Waals surface area (Å²) >= 11 is 3.29. The first-order chi connectivity index (χ1) is 7.42. The average molecular weight is 285 g/mol. The van der Waals surface area contributed by atoms with Crippen LogP contribution in [0.3, 0.4) is 0 Å². The number of carbonyl (C=O) groups is 2. The van der Waals surface area contributed by atoms with E-state index in [4.69, 9.17) is 9.84 Å². The lowest BCUT2D eigenvalue weighted by Crippen LogP contribution is -2.45. The molecule has 5 heteroatoms. The third-order valence-electron chi connectivity index (χ3n) is 2.59. The first kappa shape index (κ1) is 11.1. The van der Waals surface area contributed by atoms with Crippen LogP contribution in [0.2, 0.25) is 0 Å². The third kappa shape index (κ3) is 1.71. The second-order valence-corrected chi connectivity index (χ2v) is 4.82. The molecule has 1 heterocycles. The Kier molecular flexibility index (Phi) is 2.50. The molecule has 84 valence electrons. The summed E-state index contributed by atoms with van der Waals surface area (Å²) in [5.41, 5.74) is -0.345. The van der Waals surface area contributed by atoms with Crippen molar-refractivity contribution in [2.45, 2.75) is 18.9 Å². The number of cyclic esters (lactones) is 1. The fourth-order valence-electron chi connectivity index (χ4n) is 1.69. The minimum absolute atomic E-state index is 0.183. The van der Waals surface area contributed by atoms with E-state index >= 15 is 0 Å². The highest BCUT2D eigenvalue weighted by molar-refractivity contribution is 9.10. The molecule has 0 radical (unpaired) electrons. The predicted molar refractivity (Wildman–Crippen MR) is 59.3 cm³/mol. The van der Waals surface area contributed by atoms with Crippen molar-refractivity contribution in [3.63, 3.8) is 0 Å². The number of benzene rings is 1. The number of carboxylic acids is 1. The minimum atomic E-state index is -1.47. The van der Waals surface area contributed by atoms with Crippen molar-refractivity contribution in [3.05, 3.63) is 33.8 Å². The Morgan fingerprint density at radius 1 is 1.56 bits per heavy atom. The number of ether oxygens (including phenoxy) is 1. The highest BCUT2D eigenvalue weighted by Crippen LogP contribution is 2.30. The Bertz CT molecular complexity index is 483. The van der Waals surface area contributed by atoms with Gasteiger partial charge in [-0.05, 0) is 30.7 Å². The van der Waals surface area contributed by atoms with Gasteiger partial charge in [0, 0.05) is 10.9 Å². The van der Waals surface area contributed by atoms with E-state index in [0.29, 0.717) is 11.1 Å². The van der Waals surface area contributed by atoms with Crippen LogP contribution in [-0.4, -0.2) is 22.6 Å². The van der Waals surface area contributed by atoms with Crippen molar-refractivity contribution in [2.24, 2.45) is 0 Å². The number of carboxylic acid groups (broad SMARTS) is 1. The second-order valence-electron chi connectivity index (χ2n) is 3.90. The predicted octanol–water partition coefficient (Wildman–Crippen LogP) is 2.01. The van der Waals surface area contributed by atoms with Gasteiger partial charge in [-0.15, -0.1) is 0 Å². The second kappa shape index (κ2) is 3.59. The van der Waals surface area contributed by atoms with Crippen LogP contribution in [-0.2, 0) is 16.0 Å². The lowest BCUT2D eigenvalue weighted by Gasteiger charge is -2.30. The van der Waals surface area contributed by atoms with Crippen LogP contribution < -0.4 is 0 Å². The molecule has 0 amide bonds. The zero-order valence-electron chi connectivity index (χ0n) is 8.49. The van der Waals surface area contributed by atoms with Gasteiger partial charge in [0.25, 0.3) is 0 Å². The van der Waals surface area contributed by atoms with Crippen LogP contribution >= 0.6 is 15.9 Å². The lowest BCUT2D eigenvalue weighted by molar-refractivity contribution is -0.158. The van der Waals surface area contributed by atoms with E-state index in [-0.39, 0.29) is 6.42 Å². The van der Waals surface area contributed by atoms with Crippen LogP contribution in [0.15, 0.2) is 22.7 Å². The van der Waals surface area contributed by atoms with Gasteiger partial charge in [0.15, 0.2) is 0 Å². The van der Waals surface area contributed by atoms with Gasteiger partial charge in [0.2, 0.25) is 5.60 Å². The third-order valence-corrected chi connectivity index (χ3v) is 3.08. The standard InChI is InChI=1S/C11H9BrO4/c1-11(10(14)15)5-6-4-7(12)2-3-8(6)9(13)16-11/h2-4H,5H2,1H3,(H,14,15). The minimum Gasteiger partial charge on any atom is -0.478 e. The van der Waals surface area contributed by atoms with Gasteiger partial charge < -0.3 is 9.84 Å². The Morgan fingerprint density at radius 3 is 2.88 bits per heavy atom. The topological polar surface area (TPSA) is 63.6 Å². The smallest absolute Gasteiger partial charge is 0.348 e. The fourth-order valence-corrected chi connectivity index (χ4v) is 2.09. The lowest BCUT2D eigenvalue weighted by atomic mass is 9.90. The van der Waals surface area contributed by atoms with Crippen molar-refractivity contribution in [2.75, 3.05) is 0 Å². The van der Waals surface area contributed by atoms with E-state index in [1.807, 2.05) is 0 Å². The molecule has 0 fully saturated rings. The molecule has 16 heavy (non-hydrogen) atoms. The van der Waals surface area contributed by atoms with Crippen molar-refractivity contribution in [1.82, 2.24) is 0 Å². The monoisotopic (exact) mass is 284 g/mol. The molecule has 1 N–H and O–H groups in total. The molecule has 1 atom stereocenters. The summed E-state index contributed by atoms with van der Waals surface area (Å²) in [6.45, 7) is 1.40. The van der Waals surface area contributed by atoms with Crippen LogP contribution in [0.25, 0.3) is 0 Å². The molecule has 0 saturated carbocycles. The van der Waals surface area contributed by atoms with Gasteiger partial charge >= 0.3 is 11.9 Å². The molecule has 0 aromatic heterocycles. The highest BCUT2D eigenvalue weighted by atomic mass is 79.9. The van der Waals surface area contributed by atoms with Crippen LogP contribution in [0.4, 0.5) is 0 Å². The number of carbonyl (C=O) groups excluding carboxylic acids is 1. The van der Waals surface area contributed by atoms with E-state index in [0.717, 1.165) is 4.47 Å². The van der Waals surface area contributed by atoms with Crippen molar-refractivity contribution >= 4 is 27.9 Å². The van der Waals surface area contributed by atoms with Gasteiger partial charge in [-0.1, -0.05) is 15.9 Å². The van der Waals surface area contributed by atoms with Gasteiger partial charge in [0.1, 0.15) is 0 Å². The molecule has 0 aliphatic carbocycles. The molecule has 0 saturated heterocycles. The fraction of sp³-hybridized carbons (Fsp3) is 0.273. The quantitative estimate of drug-likeness (QED) is 0.802. The van der Waals surface area contributed by atoms with Crippen LogP contribution in [0.1, 0.15) is 22.8 Å². The maximum atomic E-state index is 11.6. The number of aliphatic carboxylic acids is 1. The normalized spacial score (nSPS) is 23.5. The van der Waals surface area contributed by atoms with E-state index in [1.54, 1.807) is 18.2 Å². The molecule has 1 aliphatic heterocycles. The summed E-state index contributed by atoms with van der Waals surface area (Å²) in [5.74, 6) is -1.72. The number of hydrogen-bond acceptors (Lipinski definition) is 3. The maximum absolute atomic E-state index is 11.6. The molecule has 1 aliphatic rings. The summed E-state index contributed by atoms with van der Waals surface area (Å²) in [6, 6.07) is 5.10. The summed E-state index contributed by atoms with van der Waals surface area (Å²) in [5, 5.41) is 9.02. The van der Waals surface area contributed by atoms with E-state index in [2.05, 4.69) is 15.9 Å². The van der Waals surface area contributed by atoms with E-state index < -0.39 is 17.5 Å². The van der Waals surface area contributed by atoms with Gasteiger partial charge in [-0.2, -0.15) is 0 Å². The van der Waals surface area contributed by atoms with Crippen molar-refractivity contribution in [3.8, 4) is 0 Å². The molecular formula is C11H9BrO4. The first-order valence-corrected chi connectivity index (χ1v) is 5.47. The van der Waals surface area contributed by atoms with Crippen molar-refractivity contribution < 1.29 is 19.4 Å². The summed E-state index contributed by atoms with van der Waals surface area (Å²) in [4.78, 5) is 22.6. The molecule has 2 rings (SSSR count). The zero-order chi connectivity index (χ0) is 11.9. The molecule has 1 aromatic carbocycles. The Labute approximate surface area is 100 Å². The number of fused-ring (bicyclic) bond motifs is 1. The molecule has 1 aromatic rings. The van der Waals surface area contributed by atoms with E-state index in [1.165, 1.54) is 6.92 Å². The van der Waals surface area contributed by atoms with Gasteiger partial charge in [0.05, 0.1) is 5.56 Å². The molecule has 1 unspecified atom stereocenters.